The number of ether oxygens (including phenoxy) is 1. The summed E-state index contributed by atoms with van der Waals surface area (Å²) in [5.41, 5.74) is -0.864. The van der Waals surface area contributed by atoms with Gasteiger partial charge in [-0.15, -0.1) is 6.42 Å². The maximum atomic E-state index is 5.52. The molecule has 0 bridgehead atoms. The largest absolute Gasteiger partial charge is 0.344 e. The lowest BCUT2D eigenvalue weighted by molar-refractivity contribution is 0.0142. The Hall–Kier alpha value is -0.190. The molecule has 0 aromatic rings. The molecule has 0 spiro atoms. The van der Waals surface area contributed by atoms with Crippen LogP contribution in [-0.2, 0) is 4.74 Å². The molecular formula is C7H11ClO. The van der Waals surface area contributed by atoms with Crippen molar-refractivity contribution in [3.05, 3.63) is 0 Å². The Morgan fingerprint density at radius 1 is 1.67 bits per heavy atom. The first-order valence-corrected chi connectivity index (χ1v) is 3.21. The minimum absolute atomic E-state index is 0.323. The third-order valence-electron chi connectivity index (χ3n) is 0.805. The van der Waals surface area contributed by atoms with E-state index in [-0.39, 0.29) is 5.56 Å². The van der Waals surface area contributed by atoms with Crippen LogP contribution in [0.1, 0.15) is 20.8 Å². The van der Waals surface area contributed by atoms with E-state index in [0.717, 1.165) is 0 Å². The minimum Gasteiger partial charge on any atom is -0.344 e. The molecule has 0 amide bonds. The molecule has 52 valence electrons. The molecular weight excluding hydrogens is 136 g/mol. The molecule has 0 aliphatic rings. The van der Waals surface area contributed by atoms with Crippen LogP contribution in [0.4, 0.5) is 0 Å². The van der Waals surface area contributed by atoms with Gasteiger partial charge in [0.05, 0.1) is 0 Å². The average Bonchev–Trinajstić information content (AvgIpc) is 1.63. The Morgan fingerprint density at radius 3 is 2.22 bits per heavy atom. The van der Waals surface area contributed by atoms with Gasteiger partial charge in [0, 0.05) is 0 Å². The smallest absolute Gasteiger partial charge is 0.130 e. The second kappa shape index (κ2) is 3.10. The minimum atomic E-state index is -0.541. The molecule has 0 aromatic carbocycles. The number of hydrogen-bond acceptors (Lipinski definition) is 1. The van der Waals surface area contributed by atoms with Crippen molar-refractivity contribution in [2.45, 2.75) is 31.9 Å². The fraction of sp³-hybridized carbons (Fsp3) is 0.714. The van der Waals surface area contributed by atoms with Crippen LogP contribution in [0.2, 0.25) is 0 Å². The highest BCUT2D eigenvalue weighted by Crippen LogP contribution is 2.11. The van der Waals surface area contributed by atoms with Gasteiger partial charge in [0.2, 0.25) is 0 Å². The topological polar surface area (TPSA) is 9.23 Å². The standard InChI is InChI=1S/C7H11ClO/c1-5-7(3,4)9-6(2)8/h1,6H,2-4H3. The Kier molecular flexibility index (Phi) is 3.03. The molecule has 1 nitrogen and oxygen atoms in total. The van der Waals surface area contributed by atoms with Crippen LogP contribution in [-0.4, -0.2) is 11.2 Å². The van der Waals surface area contributed by atoms with Gasteiger partial charge in [-0.25, -0.2) is 0 Å². The first-order valence-electron chi connectivity index (χ1n) is 2.77. The maximum Gasteiger partial charge on any atom is 0.130 e. The van der Waals surface area contributed by atoms with Crippen LogP contribution < -0.4 is 0 Å². The summed E-state index contributed by atoms with van der Waals surface area (Å²) in [7, 11) is 0. The second-order valence-electron chi connectivity index (χ2n) is 2.32. The van der Waals surface area contributed by atoms with Gasteiger partial charge in [-0.1, -0.05) is 17.5 Å². The maximum absolute atomic E-state index is 5.52. The van der Waals surface area contributed by atoms with Gasteiger partial charge >= 0.3 is 0 Å². The van der Waals surface area contributed by atoms with E-state index in [1.54, 1.807) is 20.8 Å². The van der Waals surface area contributed by atoms with Crippen molar-refractivity contribution in [3.63, 3.8) is 0 Å². The van der Waals surface area contributed by atoms with Crippen molar-refractivity contribution in [3.8, 4) is 12.3 Å². The van der Waals surface area contributed by atoms with Crippen LogP contribution in [0.5, 0.6) is 0 Å². The van der Waals surface area contributed by atoms with Crippen molar-refractivity contribution in [1.82, 2.24) is 0 Å². The summed E-state index contributed by atoms with van der Waals surface area (Å²) in [5, 5.41) is 0. The highest BCUT2D eigenvalue weighted by molar-refractivity contribution is 6.19. The van der Waals surface area contributed by atoms with E-state index in [4.69, 9.17) is 22.8 Å². The highest BCUT2D eigenvalue weighted by atomic mass is 35.5. The van der Waals surface area contributed by atoms with Crippen LogP contribution in [0.3, 0.4) is 0 Å². The van der Waals surface area contributed by atoms with Crippen LogP contribution in [0, 0.1) is 12.3 Å². The molecule has 0 aliphatic heterocycles. The third kappa shape index (κ3) is 4.32. The lowest BCUT2D eigenvalue weighted by Gasteiger charge is -2.19. The van der Waals surface area contributed by atoms with Crippen LogP contribution in [0.25, 0.3) is 0 Å². The molecule has 0 radical (unpaired) electrons. The quantitative estimate of drug-likeness (QED) is 0.428. The molecule has 1 unspecified atom stereocenters. The zero-order chi connectivity index (χ0) is 7.49. The molecule has 0 heterocycles. The SMILES string of the molecule is C#CC(C)(C)OC(C)Cl. The van der Waals surface area contributed by atoms with Crippen LogP contribution in [0.15, 0.2) is 0 Å². The zero-order valence-corrected chi connectivity index (χ0v) is 6.70. The normalized spacial score (nSPS) is 14.6. The van der Waals surface area contributed by atoms with E-state index >= 15 is 0 Å². The Bertz CT molecular complexity index is 121. The van der Waals surface area contributed by atoms with E-state index in [1.165, 1.54) is 0 Å². The highest BCUT2D eigenvalue weighted by Gasteiger charge is 2.15. The number of terminal acetylenes is 1. The van der Waals surface area contributed by atoms with Gasteiger partial charge in [0.15, 0.2) is 0 Å². The number of alkyl halides is 1. The van der Waals surface area contributed by atoms with Crippen LogP contribution >= 0.6 is 11.6 Å². The Labute approximate surface area is 61.3 Å². The molecule has 0 fully saturated rings. The van der Waals surface area contributed by atoms with Gasteiger partial charge in [-0.05, 0) is 20.8 Å². The predicted octanol–water partition coefficient (Wildman–Crippen LogP) is 2.00. The van der Waals surface area contributed by atoms with Crippen molar-refractivity contribution in [1.29, 1.82) is 0 Å². The van der Waals surface area contributed by atoms with E-state index in [9.17, 15) is 0 Å². The second-order valence-corrected chi connectivity index (χ2v) is 2.93. The van der Waals surface area contributed by atoms with E-state index < -0.39 is 5.60 Å². The van der Waals surface area contributed by atoms with Gasteiger partial charge in [-0.2, -0.15) is 0 Å². The fourth-order valence-corrected chi connectivity index (χ4v) is 0.663. The summed E-state index contributed by atoms with van der Waals surface area (Å²) in [6.45, 7) is 5.33. The molecule has 0 saturated carbocycles. The van der Waals surface area contributed by atoms with E-state index in [1.807, 2.05) is 0 Å². The monoisotopic (exact) mass is 146 g/mol. The molecule has 0 rings (SSSR count). The molecule has 0 saturated heterocycles. The fourth-order valence-electron chi connectivity index (χ4n) is 0.440. The van der Waals surface area contributed by atoms with Crippen molar-refractivity contribution in [2.75, 3.05) is 0 Å². The van der Waals surface area contributed by atoms with Gasteiger partial charge < -0.3 is 4.74 Å². The third-order valence-corrected chi connectivity index (χ3v) is 0.894. The predicted molar refractivity (Wildman–Crippen MR) is 39.3 cm³/mol. The number of hydrogen-bond donors (Lipinski definition) is 0. The lowest BCUT2D eigenvalue weighted by Crippen LogP contribution is -2.24. The zero-order valence-electron chi connectivity index (χ0n) is 5.94. The van der Waals surface area contributed by atoms with Crippen molar-refractivity contribution < 1.29 is 4.74 Å². The molecule has 9 heavy (non-hydrogen) atoms. The van der Waals surface area contributed by atoms with Crippen molar-refractivity contribution in [2.24, 2.45) is 0 Å². The Balaban J connectivity index is 3.76. The summed E-state index contributed by atoms with van der Waals surface area (Å²) in [4.78, 5) is 0. The summed E-state index contributed by atoms with van der Waals surface area (Å²) in [6, 6.07) is 0. The first-order chi connectivity index (χ1) is 3.98. The summed E-state index contributed by atoms with van der Waals surface area (Å²) in [5.74, 6) is 2.47. The molecule has 0 aromatic heterocycles. The van der Waals surface area contributed by atoms with Crippen molar-refractivity contribution >= 4 is 11.6 Å². The lowest BCUT2D eigenvalue weighted by atomic mass is 10.1. The summed E-state index contributed by atoms with van der Waals surface area (Å²) >= 11 is 5.52. The number of halogens is 1. The van der Waals surface area contributed by atoms with E-state index in [2.05, 4.69) is 5.92 Å². The van der Waals surface area contributed by atoms with Gasteiger partial charge in [0.1, 0.15) is 11.2 Å². The molecule has 1 atom stereocenters. The van der Waals surface area contributed by atoms with E-state index in [0.29, 0.717) is 0 Å². The van der Waals surface area contributed by atoms with Gasteiger partial charge in [0.25, 0.3) is 0 Å². The molecule has 0 N–H and O–H groups in total. The molecule has 0 aliphatic carbocycles. The summed E-state index contributed by atoms with van der Waals surface area (Å²) in [6.07, 6.45) is 5.12. The average molecular weight is 147 g/mol. The van der Waals surface area contributed by atoms with Gasteiger partial charge in [-0.3, -0.25) is 0 Å². The molecule has 2 heteroatoms. The first kappa shape index (κ1) is 8.81. The number of rotatable bonds is 2. The summed E-state index contributed by atoms with van der Waals surface area (Å²) < 4.78 is 5.12. The Morgan fingerprint density at radius 2 is 2.11 bits per heavy atom.